The highest BCUT2D eigenvalue weighted by molar-refractivity contribution is 7.12. The molecular weight excluding hydrogens is 310 g/mol. The lowest BCUT2D eigenvalue weighted by atomic mass is 9.99. The monoisotopic (exact) mass is 321 g/mol. The summed E-state index contributed by atoms with van der Waals surface area (Å²) in [5.41, 5.74) is 0.614. The first-order valence-electron chi connectivity index (χ1n) is 6.38. The van der Waals surface area contributed by atoms with Crippen LogP contribution in [0.25, 0.3) is 0 Å². The molecule has 0 spiro atoms. The van der Waals surface area contributed by atoms with Crippen molar-refractivity contribution in [2.75, 3.05) is 18.4 Å². The van der Waals surface area contributed by atoms with Crippen molar-refractivity contribution in [2.24, 2.45) is 5.92 Å². The molecule has 3 rings (SSSR count). The van der Waals surface area contributed by atoms with E-state index in [1.807, 2.05) is 11.4 Å². The fourth-order valence-corrected chi connectivity index (χ4v) is 2.96. The average molecular weight is 322 g/mol. The first-order valence-corrected chi connectivity index (χ1v) is 7.64. The maximum absolute atomic E-state index is 12.1. The fraction of sp³-hybridized carbons (Fsp3) is 0.214. The molecule has 108 valence electrons. The Morgan fingerprint density at radius 2 is 2.19 bits per heavy atom. The minimum Gasteiger partial charge on any atom is -0.336 e. The lowest BCUT2D eigenvalue weighted by molar-refractivity contribution is -0.123. The van der Waals surface area contributed by atoms with Crippen LogP contribution >= 0.6 is 22.9 Å². The molecule has 5 nitrogen and oxygen atoms in total. The Hall–Kier alpha value is -1.92. The normalized spacial score (nSPS) is 14.6. The summed E-state index contributed by atoms with van der Waals surface area (Å²) in [5, 5.41) is 4.98. The average Bonchev–Trinajstić information content (AvgIpc) is 2.90. The number of pyridine rings is 1. The fourth-order valence-electron chi connectivity index (χ4n) is 2.09. The molecule has 7 heteroatoms. The minimum absolute atomic E-state index is 0.0130. The van der Waals surface area contributed by atoms with Crippen molar-refractivity contribution in [2.45, 2.75) is 0 Å². The summed E-state index contributed by atoms with van der Waals surface area (Å²) < 4.78 is 0. The Morgan fingerprint density at radius 3 is 2.86 bits per heavy atom. The van der Waals surface area contributed by atoms with E-state index in [1.165, 1.54) is 17.5 Å². The van der Waals surface area contributed by atoms with Crippen LogP contribution in [-0.2, 0) is 4.79 Å². The first-order chi connectivity index (χ1) is 10.1. The quantitative estimate of drug-likeness (QED) is 0.884. The number of halogens is 1. The van der Waals surface area contributed by atoms with Crippen LogP contribution in [0.2, 0.25) is 5.15 Å². The highest BCUT2D eigenvalue weighted by Crippen LogP contribution is 2.22. The number of rotatable bonds is 3. The van der Waals surface area contributed by atoms with Gasteiger partial charge in [-0.1, -0.05) is 17.7 Å². The number of thiophene rings is 1. The number of hydrogen-bond donors (Lipinski definition) is 1. The van der Waals surface area contributed by atoms with E-state index in [4.69, 9.17) is 11.6 Å². The van der Waals surface area contributed by atoms with Crippen LogP contribution in [0.5, 0.6) is 0 Å². The Morgan fingerprint density at radius 1 is 1.38 bits per heavy atom. The maximum Gasteiger partial charge on any atom is 0.263 e. The van der Waals surface area contributed by atoms with Crippen molar-refractivity contribution >= 4 is 40.4 Å². The van der Waals surface area contributed by atoms with Gasteiger partial charge in [0.1, 0.15) is 5.15 Å². The molecule has 0 radical (unpaired) electrons. The lowest BCUT2D eigenvalue weighted by Gasteiger charge is -2.37. The van der Waals surface area contributed by atoms with Gasteiger partial charge in [-0.2, -0.15) is 0 Å². The van der Waals surface area contributed by atoms with Gasteiger partial charge in [-0.05, 0) is 23.6 Å². The van der Waals surface area contributed by atoms with Crippen molar-refractivity contribution in [3.8, 4) is 0 Å². The number of hydrogen-bond acceptors (Lipinski definition) is 4. The van der Waals surface area contributed by atoms with Crippen LogP contribution in [0.3, 0.4) is 0 Å². The van der Waals surface area contributed by atoms with Crippen LogP contribution in [0.1, 0.15) is 9.67 Å². The Kier molecular flexibility index (Phi) is 3.90. The second-order valence-corrected chi connectivity index (χ2v) is 6.08. The topological polar surface area (TPSA) is 62.3 Å². The van der Waals surface area contributed by atoms with Gasteiger partial charge in [0.2, 0.25) is 5.91 Å². The van der Waals surface area contributed by atoms with Gasteiger partial charge in [0.15, 0.2) is 0 Å². The third-order valence-electron chi connectivity index (χ3n) is 3.27. The predicted molar refractivity (Wildman–Crippen MR) is 81.6 cm³/mol. The molecular formula is C14H12ClN3O2S. The molecule has 0 aromatic carbocycles. The molecule has 1 N–H and O–H groups in total. The molecule has 0 bridgehead atoms. The molecule has 1 aliphatic heterocycles. The zero-order chi connectivity index (χ0) is 14.8. The van der Waals surface area contributed by atoms with Gasteiger partial charge in [0, 0.05) is 25.0 Å². The molecule has 1 aliphatic rings. The van der Waals surface area contributed by atoms with E-state index < -0.39 is 0 Å². The minimum atomic E-state index is -0.180. The van der Waals surface area contributed by atoms with E-state index in [0.717, 1.165) is 0 Å². The van der Waals surface area contributed by atoms with E-state index >= 15 is 0 Å². The standard InChI is InChI=1S/C14H12ClN3O2S/c15-12-6-10(3-4-16-12)17-13(19)9-7-18(8-9)14(20)11-2-1-5-21-11/h1-6,9H,7-8H2,(H,16,17,19). The largest absolute Gasteiger partial charge is 0.336 e. The van der Waals surface area contributed by atoms with E-state index in [0.29, 0.717) is 28.8 Å². The van der Waals surface area contributed by atoms with E-state index in [-0.39, 0.29) is 17.7 Å². The molecule has 0 saturated carbocycles. The van der Waals surface area contributed by atoms with Gasteiger partial charge in [0.05, 0.1) is 10.8 Å². The highest BCUT2D eigenvalue weighted by Gasteiger charge is 2.36. The number of aromatic nitrogens is 1. The summed E-state index contributed by atoms with van der Waals surface area (Å²) in [6.45, 7) is 0.892. The van der Waals surface area contributed by atoms with Gasteiger partial charge < -0.3 is 10.2 Å². The zero-order valence-electron chi connectivity index (χ0n) is 11.0. The zero-order valence-corrected chi connectivity index (χ0v) is 12.5. The summed E-state index contributed by atoms with van der Waals surface area (Å²) >= 11 is 7.17. The molecule has 2 aromatic rings. The molecule has 0 atom stereocenters. The van der Waals surface area contributed by atoms with E-state index in [2.05, 4.69) is 10.3 Å². The molecule has 2 aromatic heterocycles. The Balaban J connectivity index is 1.54. The number of carbonyl (C=O) groups excluding carboxylic acids is 2. The molecule has 21 heavy (non-hydrogen) atoms. The summed E-state index contributed by atoms with van der Waals surface area (Å²) in [5.74, 6) is -0.297. The Bertz CT molecular complexity index is 669. The molecule has 1 saturated heterocycles. The van der Waals surface area contributed by atoms with Gasteiger partial charge >= 0.3 is 0 Å². The molecule has 2 amide bonds. The summed E-state index contributed by atoms with van der Waals surface area (Å²) in [7, 11) is 0. The number of carbonyl (C=O) groups is 2. The highest BCUT2D eigenvalue weighted by atomic mass is 35.5. The van der Waals surface area contributed by atoms with E-state index in [1.54, 1.807) is 23.1 Å². The van der Waals surface area contributed by atoms with Crippen molar-refractivity contribution in [1.29, 1.82) is 0 Å². The van der Waals surface area contributed by atoms with Crippen molar-refractivity contribution in [3.63, 3.8) is 0 Å². The maximum atomic E-state index is 12.1. The number of nitrogens with zero attached hydrogens (tertiary/aromatic N) is 2. The van der Waals surface area contributed by atoms with Crippen LogP contribution < -0.4 is 5.32 Å². The summed E-state index contributed by atoms with van der Waals surface area (Å²) in [6, 6.07) is 6.90. The molecule has 0 unspecified atom stereocenters. The van der Waals surface area contributed by atoms with Gasteiger partial charge in [-0.15, -0.1) is 11.3 Å². The molecule has 1 fully saturated rings. The van der Waals surface area contributed by atoms with Crippen LogP contribution in [0, 0.1) is 5.92 Å². The summed E-state index contributed by atoms with van der Waals surface area (Å²) in [4.78, 5) is 30.3. The van der Waals surface area contributed by atoms with Crippen molar-refractivity contribution in [1.82, 2.24) is 9.88 Å². The predicted octanol–water partition coefficient (Wildman–Crippen LogP) is 2.51. The summed E-state index contributed by atoms with van der Waals surface area (Å²) in [6.07, 6.45) is 1.53. The second-order valence-electron chi connectivity index (χ2n) is 4.74. The number of amides is 2. The van der Waals surface area contributed by atoms with Crippen molar-refractivity contribution in [3.05, 3.63) is 45.9 Å². The number of nitrogens with one attached hydrogen (secondary N) is 1. The Labute approximate surface area is 130 Å². The molecule has 3 heterocycles. The smallest absolute Gasteiger partial charge is 0.263 e. The second kappa shape index (κ2) is 5.83. The van der Waals surface area contributed by atoms with Crippen LogP contribution in [-0.4, -0.2) is 34.8 Å². The third-order valence-corrected chi connectivity index (χ3v) is 4.33. The third kappa shape index (κ3) is 3.06. The van der Waals surface area contributed by atoms with Gasteiger partial charge in [-0.3, -0.25) is 9.59 Å². The lowest BCUT2D eigenvalue weighted by Crippen LogP contribution is -2.54. The van der Waals surface area contributed by atoms with E-state index in [9.17, 15) is 9.59 Å². The van der Waals surface area contributed by atoms with Crippen LogP contribution in [0.15, 0.2) is 35.8 Å². The van der Waals surface area contributed by atoms with Gasteiger partial charge in [-0.25, -0.2) is 4.98 Å². The first kappa shape index (κ1) is 14.0. The number of likely N-dealkylation sites (tertiary alicyclic amines) is 1. The van der Waals surface area contributed by atoms with Gasteiger partial charge in [0.25, 0.3) is 5.91 Å². The number of anilines is 1. The molecule has 0 aliphatic carbocycles. The van der Waals surface area contributed by atoms with Crippen LogP contribution in [0.4, 0.5) is 5.69 Å². The SMILES string of the molecule is O=C(Nc1ccnc(Cl)c1)C1CN(C(=O)c2cccs2)C1. The van der Waals surface area contributed by atoms with Crippen molar-refractivity contribution < 1.29 is 9.59 Å².